The van der Waals surface area contributed by atoms with Gasteiger partial charge in [0.2, 0.25) is 0 Å². The molecule has 0 unspecified atom stereocenters. The van der Waals surface area contributed by atoms with Crippen molar-refractivity contribution in [3.63, 3.8) is 0 Å². The summed E-state index contributed by atoms with van der Waals surface area (Å²) in [4.78, 5) is 5.36. The number of fused-ring (bicyclic) bond motifs is 1. The highest BCUT2D eigenvalue weighted by Crippen LogP contribution is 2.47. The van der Waals surface area contributed by atoms with Gasteiger partial charge in [-0.05, 0) is 77.5 Å². The Morgan fingerprint density at radius 2 is 1.47 bits per heavy atom. The first-order valence-electron chi connectivity index (χ1n) is 11.8. The van der Waals surface area contributed by atoms with Crippen LogP contribution in [0.2, 0.25) is 0 Å². The topological polar surface area (TPSA) is 38.4 Å². The van der Waals surface area contributed by atoms with E-state index >= 15 is 0 Å². The SMILES string of the molecule is CCc1cc2c(cc1/N=C(/c1ccc(N)cc1)c1ccccc1C)C(C)(C)CCC2(C)C. The van der Waals surface area contributed by atoms with Crippen LogP contribution in [-0.4, -0.2) is 5.71 Å². The highest BCUT2D eigenvalue weighted by atomic mass is 14.8. The number of nitrogens with two attached hydrogens (primary N) is 1. The molecule has 0 amide bonds. The Kier molecular flexibility index (Phi) is 5.75. The minimum Gasteiger partial charge on any atom is -0.399 e. The number of nitrogen functional groups attached to an aromatic ring is 1. The van der Waals surface area contributed by atoms with Gasteiger partial charge in [-0.25, -0.2) is 4.99 Å². The van der Waals surface area contributed by atoms with Gasteiger partial charge in [0.25, 0.3) is 0 Å². The lowest BCUT2D eigenvalue weighted by atomic mass is 9.62. The summed E-state index contributed by atoms with van der Waals surface area (Å²) in [7, 11) is 0. The van der Waals surface area contributed by atoms with Crippen molar-refractivity contribution in [1.29, 1.82) is 0 Å². The molecule has 1 aliphatic rings. The maximum absolute atomic E-state index is 5.99. The largest absolute Gasteiger partial charge is 0.399 e. The van der Waals surface area contributed by atoms with Crippen LogP contribution in [0.3, 0.4) is 0 Å². The zero-order chi connectivity index (χ0) is 23.1. The lowest BCUT2D eigenvalue weighted by Crippen LogP contribution is -2.34. The van der Waals surface area contributed by atoms with E-state index in [4.69, 9.17) is 10.7 Å². The molecular formula is C30H36N2. The van der Waals surface area contributed by atoms with E-state index in [1.54, 1.807) is 0 Å². The summed E-state index contributed by atoms with van der Waals surface area (Å²) < 4.78 is 0. The van der Waals surface area contributed by atoms with Gasteiger partial charge in [-0.1, -0.05) is 77.1 Å². The van der Waals surface area contributed by atoms with Crippen LogP contribution in [0.1, 0.15) is 80.8 Å². The molecule has 2 N–H and O–H groups in total. The summed E-state index contributed by atoms with van der Waals surface area (Å²) in [5, 5.41) is 0. The first-order chi connectivity index (χ1) is 15.1. The maximum atomic E-state index is 5.99. The highest BCUT2D eigenvalue weighted by Gasteiger charge is 2.37. The summed E-state index contributed by atoms with van der Waals surface area (Å²) in [5.74, 6) is 0. The third kappa shape index (κ3) is 4.11. The van der Waals surface area contributed by atoms with Crippen molar-refractivity contribution in [3.05, 3.63) is 94.0 Å². The number of aliphatic imine (C=N–C) groups is 1. The van der Waals surface area contributed by atoms with E-state index in [0.29, 0.717) is 0 Å². The molecule has 0 aliphatic heterocycles. The van der Waals surface area contributed by atoms with Gasteiger partial charge in [-0.2, -0.15) is 0 Å². The zero-order valence-corrected chi connectivity index (χ0v) is 20.4. The van der Waals surface area contributed by atoms with Crippen LogP contribution >= 0.6 is 0 Å². The van der Waals surface area contributed by atoms with E-state index in [1.807, 2.05) is 12.1 Å². The Labute approximate surface area is 193 Å². The van der Waals surface area contributed by atoms with Gasteiger partial charge < -0.3 is 5.73 Å². The zero-order valence-electron chi connectivity index (χ0n) is 20.4. The van der Waals surface area contributed by atoms with Crippen LogP contribution in [0.5, 0.6) is 0 Å². The average molecular weight is 425 g/mol. The van der Waals surface area contributed by atoms with Crippen LogP contribution in [-0.2, 0) is 17.3 Å². The molecule has 0 fully saturated rings. The van der Waals surface area contributed by atoms with Gasteiger partial charge in [0.1, 0.15) is 0 Å². The summed E-state index contributed by atoms with van der Waals surface area (Å²) in [6.45, 7) is 13.9. The molecule has 32 heavy (non-hydrogen) atoms. The number of hydrogen-bond donors (Lipinski definition) is 1. The molecule has 4 rings (SSSR count). The molecule has 2 heteroatoms. The van der Waals surface area contributed by atoms with Gasteiger partial charge in [0, 0.05) is 16.8 Å². The highest BCUT2D eigenvalue weighted by molar-refractivity contribution is 6.15. The molecular weight excluding hydrogens is 388 g/mol. The van der Waals surface area contributed by atoms with Crippen molar-refractivity contribution < 1.29 is 0 Å². The van der Waals surface area contributed by atoms with Gasteiger partial charge in [0.15, 0.2) is 0 Å². The van der Waals surface area contributed by atoms with E-state index < -0.39 is 0 Å². The molecule has 0 radical (unpaired) electrons. The van der Waals surface area contributed by atoms with E-state index in [-0.39, 0.29) is 10.8 Å². The molecule has 3 aromatic rings. The fourth-order valence-corrected chi connectivity index (χ4v) is 4.91. The van der Waals surface area contributed by atoms with Gasteiger partial charge in [-0.15, -0.1) is 0 Å². The molecule has 1 aliphatic carbocycles. The third-order valence-corrected chi connectivity index (χ3v) is 7.25. The number of aryl methyl sites for hydroxylation is 2. The first kappa shape index (κ1) is 22.3. The van der Waals surface area contributed by atoms with Gasteiger partial charge in [0.05, 0.1) is 11.4 Å². The van der Waals surface area contributed by atoms with Crippen molar-refractivity contribution in [2.45, 2.75) is 71.6 Å². The Balaban J connectivity index is 1.98. The average Bonchev–Trinajstić information content (AvgIpc) is 2.76. The molecule has 0 spiro atoms. The molecule has 0 bridgehead atoms. The molecule has 0 heterocycles. The summed E-state index contributed by atoms with van der Waals surface area (Å²) in [6, 6.07) is 21.4. The third-order valence-electron chi connectivity index (χ3n) is 7.25. The standard InChI is InChI=1S/C30H36N2/c1-7-21-18-25-26(30(5,6)17-16-29(25,3)4)19-27(21)32-28(22-12-14-23(31)15-13-22)24-11-9-8-10-20(24)2/h8-15,18-19H,7,16-17,31H2,1-6H3/b32-28-. The predicted molar refractivity (Wildman–Crippen MR) is 138 cm³/mol. The fourth-order valence-electron chi connectivity index (χ4n) is 4.91. The number of nitrogens with zero attached hydrogens (tertiary/aromatic N) is 1. The molecule has 0 saturated carbocycles. The molecule has 3 aromatic carbocycles. The second kappa shape index (κ2) is 8.24. The fraction of sp³-hybridized carbons (Fsp3) is 0.367. The minimum atomic E-state index is 0.158. The smallest absolute Gasteiger partial charge is 0.0784 e. The molecule has 0 aromatic heterocycles. The summed E-state index contributed by atoms with van der Waals surface area (Å²) >= 11 is 0. The normalized spacial score (nSPS) is 17.1. The van der Waals surface area contributed by atoms with Crippen LogP contribution in [0.25, 0.3) is 0 Å². The second-order valence-corrected chi connectivity index (χ2v) is 10.5. The van der Waals surface area contributed by atoms with Crippen molar-refractivity contribution in [3.8, 4) is 0 Å². The van der Waals surface area contributed by atoms with Crippen molar-refractivity contribution >= 4 is 17.1 Å². The van der Waals surface area contributed by atoms with Crippen molar-refractivity contribution in [2.75, 3.05) is 5.73 Å². The summed E-state index contributed by atoms with van der Waals surface area (Å²) in [5.41, 5.74) is 16.9. The molecule has 0 saturated heterocycles. The minimum absolute atomic E-state index is 0.158. The summed E-state index contributed by atoms with van der Waals surface area (Å²) in [6.07, 6.45) is 3.38. The Morgan fingerprint density at radius 1 is 0.875 bits per heavy atom. The molecule has 166 valence electrons. The lowest BCUT2D eigenvalue weighted by Gasteiger charge is -2.42. The quantitative estimate of drug-likeness (QED) is 0.339. The number of benzene rings is 3. The Bertz CT molecular complexity index is 1160. The van der Waals surface area contributed by atoms with Crippen molar-refractivity contribution in [1.82, 2.24) is 0 Å². The van der Waals surface area contributed by atoms with Crippen molar-refractivity contribution in [2.24, 2.45) is 4.99 Å². The maximum Gasteiger partial charge on any atom is 0.0784 e. The molecule has 0 atom stereocenters. The Morgan fingerprint density at radius 3 is 2.06 bits per heavy atom. The predicted octanol–water partition coefficient (Wildman–Crippen LogP) is 7.66. The number of rotatable bonds is 4. The van der Waals surface area contributed by atoms with E-state index in [9.17, 15) is 0 Å². The van der Waals surface area contributed by atoms with Crippen LogP contribution in [0, 0.1) is 6.92 Å². The number of hydrogen-bond acceptors (Lipinski definition) is 2. The van der Waals surface area contributed by atoms with E-state index in [0.717, 1.165) is 34.6 Å². The van der Waals surface area contributed by atoms with E-state index in [1.165, 1.54) is 35.1 Å². The molecule has 2 nitrogen and oxygen atoms in total. The van der Waals surface area contributed by atoms with E-state index in [2.05, 4.69) is 90.1 Å². The monoisotopic (exact) mass is 424 g/mol. The van der Waals surface area contributed by atoms with Crippen LogP contribution < -0.4 is 5.73 Å². The van der Waals surface area contributed by atoms with Gasteiger partial charge in [-0.3, -0.25) is 0 Å². The Hall–Kier alpha value is -2.87. The first-order valence-corrected chi connectivity index (χ1v) is 11.8. The van der Waals surface area contributed by atoms with Crippen LogP contribution in [0.4, 0.5) is 11.4 Å². The van der Waals surface area contributed by atoms with Crippen LogP contribution in [0.15, 0.2) is 65.7 Å². The lowest BCUT2D eigenvalue weighted by molar-refractivity contribution is 0.331. The number of anilines is 1. The van der Waals surface area contributed by atoms with Gasteiger partial charge >= 0.3 is 0 Å². The second-order valence-electron chi connectivity index (χ2n) is 10.5.